The van der Waals surface area contributed by atoms with Crippen LogP contribution in [0.5, 0.6) is 0 Å². The topological polar surface area (TPSA) is 66.9 Å². The predicted molar refractivity (Wildman–Crippen MR) is 74.6 cm³/mol. The van der Waals surface area contributed by atoms with Gasteiger partial charge >= 0.3 is 6.03 Å². The summed E-state index contributed by atoms with van der Waals surface area (Å²) in [6.07, 6.45) is 2.69. The van der Waals surface area contributed by atoms with Crippen LogP contribution in [0.2, 0.25) is 0 Å². The van der Waals surface area contributed by atoms with Crippen molar-refractivity contribution in [2.45, 2.75) is 26.8 Å². The summed E-state index contributed by atoms with van der Waals surface area (Å²) in [5.74, 6) is 2.92. The molecule has 0 fully saturated rings. The van der Waals surface area contributed by atoms with Gasteiger partial charge in [0.05, 0.1) is 12.2 Å². The third kappa shape index (κ3) is 6.44. The predicted octanol–water partition coefficient (Wildman–Crippen LogP) is 1.73. The Labute approximate surface area is 112 Å². The maximum atomic E-state index is 11.5. The van der Waals surface area contributed by atoms with Gasteiger partial charge in [-0.05, 0) is 30.9 Å². The third-order valence-corrected chi connectivity index (χ3v) is 3.20. The summed E-state index contributed by atoms with van der Waals surface area (Å²) in [4.78, 5) is 19.7. The van der Waals surface area contributed by atoms with Gasteiger partial charge in [0.2, 0.25) is 0 Å². The van der Waals surface area contributed by atoms with Gasteiger partial charge in [0, 0.05) is 12.7 Å². The van der Waals surface area contributed by atoms with Crippen molar-refractivity contribution in [3.8, 4) is 0 Å². The van der Waals surface area contributed by atoms with E-state index in [1.807, 2.05) is 18.7 Å². The molecule has 1 aromatic rings. The average molecular weight is 268 g/mol. The third-order valence-electron chi connectivity index (χ3n) is 2.22. The monoisotopic (exact) mass is 268 g/mol. The van der Waals surface area contributed by atoms with E-state index in [2.05, 4.69) is 27.5 Å². The van der Waals surface area contributed by atoms with Gasteiger partial charge in [-0.3, -0.25) is 0 Å². The highest BCUT2D eigenvalue weighted by atomic mass is 32.2. The standard InChI is InChI=1S/C12H20N4OS/c1-3-18-8-4-6-14-12(17)15-9-11-5-7-13-10(2)16-11/h5,7H,3-4,6,8-9H2,1-2H3,(H2,14,15,17). The first-order chi connectivity index (χ1) is 8.72. The molecule has 0 bridgehead atoms. The van der Waals surface area contributed by atoms with Crippen molar-refractivity contribution in [3.63, 3.8) is 0 Å². The van der Waals surface area contributed by atoms with Gasteiger partial charge in [-0.2, -0.15) is 11.8 Å². The summed E-state index contributed by atoms with van der Waals surface area (Å²) in [7, 11) is 0. The molecule has 0 saturated heterocycles. The van der Waals surface area contributed by atoms with E-state index >= 15 is 0 Å². The molecule has 0 aliphatic rings. The van der Waals surface area contributed by atoms with Crippen LogP contribution in [0, 0.1) is 6.92 Å². The van der Waals surface area contributed by atoms with E-state index in [4.69, 9.17) is 0 Å². The molecule has 2 amide bonds. The Morgan fingerprint density at radius 1 is 1.44 bits per heavy atom. The second kappa shape index (κ2) is 8.74. The van der Waals surface area contributed by atoms with E-state index in [-0.39, 0.29) is 6.03 Å². The van der Waals surface area contributed by atoms with Gasteiger partial charge < -0.3 is 10.6 Å². The van der Waals surface area contributed by atoms with Gasteiger partial charge in [-0.1, -0.05) is 6.92 Å². The van der Waals surface area contributed by atoms with Crippen LogP contribution in [-0.4, -0.2) is 34.0 Å². The molecule has 1 heterocycles. The Balaban J connectivity index is 2.13. The highest BCUT2D eigenvalue weighted by molar-refractivity contribution is 7.99. The molecule has 0 saturated carbocycles. The Hall–Kier alpha value is -1.30. The quantitative estimate of drug-likeness (QED) is 0.739. The minimum Gasteiger partial charge on any atom is -0.338 e. The van der Waals surface area contributed by atoms with Crippen molar-refractivity contribution < 1.29 is 4.79 Å². The first kappa shape index (κ1) is 14.8. The van der Waals surface area contributed by atoms with Crippen LogP contribution in [0.4, 0.5) is 4.79 Å². The molecule has 1 aromatic heterocycles. The molecule has 100 valence electrons. The van der Waals surface area contributed by atoms with Crippen molar-refractivity contribution in [3.05, 3.63) is 23.8 Å². The van der Waals surface area contributed by atoms with Crippen LogP contribution < -0.4 is 10.6 Å². The van der Waals surface area contributed by atoms with E-state index < -0.39 is 0 Å². The fourth-order valence-corrected chi connectivity index (χ4v) is 1.99. The van der Waals surface area contributed by atoms with E-state index in [1.165, 1.54) is 0 Å². The minimum absolute atomic E-state index is 0.146. The maximum Gasteiger partial charge on any atom is 0.315 e. The molecule has 6 heteroatoms. The van der Waals surface area contributed by atoms with Crippen molar-refractivity contribution in [1.29, 1.82) is 0 Å². The summed E-state index contributed by atoms with van der Waals surface area (Å²) in [5.41, 5.74) is 0.819. The van der Waals surface area contributed by atoms with Crippen molar-refractivity contribution in [1.82, 2.24) is 20.6 Å². The van der Waals surface area contributed by atoms with E-state index in [0.717, 1.165) is 23.6 Å². The Morgan fingerprint density at radius 3 is 3.00 bits per heavy atom. The lowest BCUT2D eigenvalue weighted by molar-refractivity contribution is 0.240. The molecule has 0 aliphatic heterocycles. The molecule has 1 rings (SSSR count). The molecular formula is C12H20N4OS. The molecule has 0 atom stereocenters. The van der Waals surface area contributed by atoms with Crippen molar-refractivity contribution in [2.24, 2.45) is 0 Å². The van der Waals surface area contributed by atoms with Crippen LogP contribution in [0.15, 0.2) is 12.3 Å². The lowest BCUT2D eigenvalue weighted by Crippen LogP contribution is -2.35. The maximum absolute atomic E-state index is 11.5. The van der Waals surface area contributed by atoms with Gasteiger partial charge in [0.15, 0.2) is 0 Å². The highest BCUT2D eigenvalue weighted by Crippen LogP contribution is 1.99. The number of thioether (sulfide) groups is 1. The first-order valence-corrected chi connectivity index (χ1v) is 7.25. The number of hydrogen-bond acceptors (Lipinski definition) is 4. The van der Waals surface area contributed by atoms with E-state index in [0.29, 0.717) is 18.9 Å². The van der Waals surface area contributed by atoms with Gasteiger partial charge in [-0.15, -0.1) is 0 Å². The summed E-state index contributed by atoms with van der Waals surface area (Å²) in [6.45, 7) is 5.10. The molecule has 0 unspecified atom stereocenters. The smallest absolute Gasteiger partial charge is 0.315 e. The van der Waals surface area contributed by atoms with Gasteiger partial charge in [-0.25, -0.2) is 14.8 Å². The summed E-state index contributed by atoms with van der Waals surface area (Å²) in [6, 6.07) is 1.65. The molecule has 0 aliphatic carbocycles. The zero-order valence-corrected chi connectivity index (χ0v) is 11.7. The molecular weight excluding hydrogens is 248 g/mol. The summed E-state index contributed by atoms with van der Waals surface area (Å²) in [5, 5.41) is 5.59. The number of carbonyl (C=O) groups is 1. The normalized spacial score (nSPS) is 10.1. The largest absolute Gasteiger partial charge is 0.338 e. The Bertz CT molecular complexity index is 373. The minimum atomic E-state index is -0.146. The summed E-state index contributed by atoms with van der Waals surface area (Å²) >= 11 is 1.88. The fraction of sp³-hybridized carbons (Fsp3) is 0.583. The van der Waals surface area contributed by atoms with Crippen LogP contribution in [-0.2, 0) is 6.54 Å². The Morgan fingerprint density at radius 2 is 2.28 bits per heavy atom. The first-order valence-electron chi connectivity index (χ1n) is 6.10. The van der Waals surface area contributed by atoms with Gasteiger partial charge in [0.25, 0.3) is 0 Å². The average Bonchev–Trinajstić information content (AvgIpc) is 2.36. The SMILES string of the molecule is CCSCCCNC(=O)NCc1ccnc(C)n1. The second-order valence-corrected chi connectivity index (χ2v) is 5.15. The van der Waals surface area contributed by atoms with Crippen LogP contribution >= 0.6 is 11.8 Å². The number of nitrogens with one attached hydrogen (secondary N) is 2. The number of amides is 2. The van der Waals surface area contributed by atoms with E-state index in [9.17, 15) is 4.79 Å². The van der Waals surface area contributed by atoms with E-state index in [1.54, 1.807) is 12.3 Å². The fourth-order valence-electron chi connectivity index (χ4n) is 1.36. The van der Waals surface area contributed by atoms with Crippen molar-refractivity contribution in [2.75, 3.05) is 18.1 Å². The van der Waals surface area contributed by atoms with Crippen molar-refractivity contribution >= 4 is 17.8 Å². The number of nitrogens with zero attached hydrogens (tertiary/aromatic N) is 2. The summed E-state index contributed by atoms with van der Waals surface area (Å²) < 4.78 is 0. The van der Waals surface area contributed by atoms with Crippen LogP contribution in [0.3, 0.4) is 0 Å². The number of urea groups is 1. The van der Waals surface area contributed by atoms with Gasteiger partial charge in [0.1, 0.15) is 5.82 Å². The number of rotatable bonds is 7. The molecule has 0 aromatic carbocycles. The number of hydrogen-bond donors (Lipinski definition) is 2. The molecule has 0 spiro atoms. The molecule has 18 heavy (non-hydrogen) atoms. The number of carbonyl (C=O) groups excluding carboxylic acids is 1. The lowest BCUT2D eigenvalue weighted by atomic mass is 10.4. The second-order valence-electron chi connectivity index (χ2n) is 3.76. The number of aryl methyl sites for hydroxylation is 1. The molecule has 0 radical (unpaired) electrons. The zero-order chi connectivity index (χ0) is 13.2. The molecule has 2 N–H and O–H groups in total. The lowest BCUT2D eigenvalue weighted by Gasteiger charge is -2.07. The van der Waals surface area contributed by atoms with Crippen LogP contribution in [0.25, 0.3) is 0 Å². The Kier molecular flexibility index (Phi) is 7.17. The highest BCUT2D eigenvalue weighted by Gasteiger charge is 2.00. The van der Waals surface area contributed by atoms with Crippen LogP contribution in [0.1, 0.15) is 24.9 Å². The molecule has 5 nitrogen and oxygen atoms in total. The zero-order valence-electron chi connectivity index (χ0n) is 10.9. The number of aromatic nitrogens is 2.